The summed E-state index contributed by atoms with van der Waals surface area (Å²) >= 11 is 0.199. The molecule has 0 aliphatic carbocycles. The zero-order chi connectivity index (χ0) is 32.5. The third-order valence-electron chi connectivity index (χ3n) is 7.62. The molecule has 6 aromatic carbocycles. The Morgan fingerprint density at radius 3 is 0.957 bits per heavy atom. The first-order valence-corrected chi connectivity index (χ1v) is 22.0. The van der Waals surface area contributed by atoms with Gasteiger partial charge in [0.25, 0.3) is 10.5 Å². The molecule has 0 saturated heterocycles. The molecule has 0 atom stereocenters. The van der Waals surface area contributed by atoms with Crippen LogP contribution >= 0.6 is 14.1 Å². The fourth-order valence-corrected chi connectivity index (χ4v) is 24.7. The van der Waals surface area contributed by atoms with Crippen LogP contribution in [0.1, 0.15) is 0 Å². The smallest absolute Gasteiger partial charge is 0.255 e. The molecule has 0 aliphatic rings. The van der Waals surface area contributed by atoms with E-state index in [1.807, 2.05) is 0 Å². The van der Waals surface area contributed by atoms with E-state index in [0.717, 1.165) is 0 Å². The molecule has 0 radical (unpaired) electrons. The molecule has 0 aromatic heterocycles. The van der Waals surface area contributed by atoms with Crippen LogP contribution in [0, 0.1) is 0 Å². The molecule has 6 aromatic rings. The molecule has 8 heteroatoms. The van der Waals surface area contributed by atoms with Gasteiger partial charge in [-0.25, -0.2) is 8.42 Å². The van der Waals surface area contributed by atoms with E-state index in [-0.39, 0.29) is 15.0 Å². The Labute approximate surface area is 278 Å². The molecule has 46 heavy (non-hydrogen) atoms. The first-order chi connectivity index (χ1) is 22.3. The van der Waals surface area contributed by atoms with E-state index < -0.39 is 24.7 Å². The molecular formula is C38H33FO3P2SSe. The van der Waals surface area contributed by atoms with Crippen LogP contribution < -0.4 is 31.8 Å². The third kappa shape index (κ3) is 7.04. The van der Waals surface area contributed by atoms with Crippen LogP contribution in [0.2, 0.25) is 5.82 Å². The second kappa shape index (κ2) is 15.3. The first kappa shape index (κ1) is 33.8. The fourth-order valence-electron chi connectivity index (χ4n) is 5.97. The van der Waals surface area contributed by atoms with Crippen LogP contribution in [-0.2, 0) is 10.5 Å². The summed E-state index contributed by atoms with van der Waals surface area (Å²) in [6.07, 6.45) is 0. The average molecular weight is 730 g/mol. The molecule has 0 aliphatic heterocycles. The van der Waals surface area contributed by atoms with Gasteiger partial charge in [0.15, 0.2) is 0 Å². The van der Waals surface area contributed by atoms with Crippen molar-refractivity contribution in [3.63, 3.8) is 0 Å². The Hall–Kier alpha value is -3.59. The number of rotatable bonds is 8. The molecule has 0 N–H and O–H groups in total. The third-order valence-corrected chi connectivity index (χ3v) is 23.1. The zero-order valence-electron chi connectivity index (χ0n) is 25.1. The van der Waals surface area contributed by atoms with E-state index in [2.05, 4.69) is 188 Å². The first-order valence-electron chi connectivity index (χ1n) is 14.5. The van der Waals surface area contributed by atoms with E-state index in [1.54, 1.807) is 3.93 Å². The van der Waals surface area contributed by atoms with Gasteiger partial charge in [-0.2, -0.15) is 0 Å². The molecule has 0 unspecified atom stereocenters. The van der Waals surface area contributed by atoms with Gasteiger partial charge in [-0.15, -0.1) is 3.89 Å². The molecule has 232 valence electrons. The van der Waals surface area contributed by atoms with Crippen molar-refractivity contribution in [3.05, 3.63) is 182 Å². The van der Waals surface area contributed by atoms with E-state index >= 15 is 0 Å². The normalized spacial score (nSPS) is 11.6. The van der Waals surface area contributed by atoms with Gasteiger partial charge in [0, 0.05) is 0 Å². The van der Waals surface area contributed by atoms with Crippen molar-refractivity contribution in [3.8, 4) is 0 Å². The van der Waals surface area contributed by atoms with Crippen molar-refractivity contribution in [1.29, 1.82) is 0 Å². The quantitative estimate of drug-likeness (QED) is 0.0809. The predicted molar refractivity (Wildman–Crippen MR) is 198 cm³/mol. The van der Waals surface area contributed by atoms with Gasteiger partial charge in [-0.3, -0.25) is 0 Å². The topological polar surface area (TPSA) is 57.2 Å². The van der Waals surface area contributed by atoms with Gasteiger partial charge in [0.2, 0.25) is 0 Å². The summed E-state index contributed by atoms with van der Waals surface area (Å²) in [6.45, 7) is -2.29. The van der Waals surface area contributed by atoms with E-state index in [0.29, 0.717) is 0 Å². The monoisotopic (exact) mass is 730 g/mol. The largest absolute Gasteiger partial charge is 0.722 e. The molecule has 0 spiro atoms. The minimum atomic E-state index is -5.42. The second-order valence-corrected chi connectivity index (χ2v) is 21.1. The number of benzene rings is 6. The maximum absolute atomic E-state index is 10.1. The van der Waals surface area contributed by atoms with Gasteiger partial charge in [0.05, 0.1) is 0 Å². The van der Waals surface area contributed by atoms with Crippen LogP contribution in [0.5, 0.6) is 0 Å². The summed E-state index contributed by atoms with van der Waals surface area (Å²) in [4.78, 5) is 0. The fraction of sp³-hybridized carbons (Fsp3) is 0.0263. The molecule has 0 bridgehead atoms. The molecule has 0 heterocycles. The van der Waals surface area contributed by atoms with Crippen molar-refractivity contribution in [1.82, 2.24) is 0 Å². The number of hydrogen-bond acceptors (Lipinski definition) is 3. The Bertz CT molecular complexity index is 1790. The average Bonchev–Trinajstić information content (AvgIpc) is 3.10. The Kier molecular flexibility index (Phi) is 11.3. The summed E-state index contributed by atoms with van der Waals surface area (Å²) in [7, 11) is -7.70. The predicted octanol–water partition coefficient (Wildman–Crippen LogP) is 6.23. The molecule has 0 amide bonds. The van der Waals surface area contributed by atoms with Crippen LogP contribution in [0.3, 0.4) is 0 Å². The van der Waals surface area contributed by atoms with E-state index in [9.17, 15) is 3.89 Å². The Balaban J connectivity index is 0.000000775. The van der Waals surface area contributed by atoms with Gasteiger partial charge in [0.1, 0.15) is 0 Å². The van der Waals surface area contributed by atoms with Crippen molar-refractivity contribution in [2.24, 2.45) is 0 Å². The summed E-state index contributed by atoms with van der Waals surface area (Å²) in [5.74, 6) is 2.45. The maximum Gasteiger partial charge on any atom is 0.255 e. The van der Waals surface area contributed by atoms with Gasteiger partial charge < -0.3 is 4.55 Å². The minimum absolute atomic E-state index is 0.199. The zero-order valence-corrected chi connectivity index (χ0v) is 29.5. The summed E-state index contributed by atoms with van der Waals surface area (Å²) in [5, 5.41) is 8.52. The maximum atomic E-state index is 10.1. The van der Waals surface area contributed by atoms with Crippen LogP contribution in [0.25, 0.3) is 0 Å². The standard InChI is InChI=1S/C38H33P2Se.FHO3S/c1-41-38(39(32-20-8-2-9-21-32,33-22-10-3-11-23-33)34-24-12-4-13-25-34)40(35-26-14-5-15-27-35,36-28-16-6-17-29-36)37-30-18-7-19-31-37;1-5(2,3)4/h2-31H,1H3;(H,2,3,4)/q+1;/p-1. The second-order valence-electron chi connectivity index (χ2n) is 10.2. The van der Waals surface area contributed by atoms with E-state index in [4.69, 9.17) is 13.0 Å². The van der Waals surface area contributed by atoms with Crippen molar-refractivity contribution in [2.75, 3.05) is 0 Å². The Morgan fingerprint density at radius 1 is 0.522 bits per heavy atom. The van der Waals surface area contributed by atoms with Crippen molar-refractivity contribution >= 4 is 75.4 Å². The molecule has 3 nitrogen and oxygen atoms in total. The summed E-state index contributed by atoms with van der Waals surface area (Å²) in [5.41, 5.74) is 0. The number of halogens is 1. The van der Waals surface area contributed by atoms with Crippen molar-refractivity contribution < 1.29 is 16.9 Å². The minimum Gasteiger partial charge on any atom is -0.722 e. The van der Waals surface area contributed by atoms with Gasteiger partial charge in [-0.05, 0) is 0 Å². The molecular weight excluding hydrogens is 696 g/mol. The van der Waals surface area contributed by atoms with Crippen LogP contribution in [0.15, 0.2) is 182 Å². The van der Waals surface area contributed by atoms with Gasteiger partial charge >= 0.3 is 253 Å². The summed E-state index contributed by atoms with van der Waals surface area (Å²) < 4.78 is 37.0. The van der Waals surface area contributed by atoms with E-state index in [1.165, 1.54) is 31.8 Å². The molecule has 0 fully saturated rings. The van der Waals surface area contributed by atoms with Gasteiger partial charge in [-0.1, -0.05) is 0 Å². The number of hydrogen-bond donors (Lipinski definition) is 0. The summed E-state index contributed by atoms with van der Waals surface area (Å²) in [6, 6.07) is 68.2. The van der Waals surface area contributed by atoms with Crippen molar-refractivity contribution in [2.45, 2.75) is 5.82 Å². The SMILES string of the molecule is C[Se]C(=P(c1ccccc1)(c1ccccc1)c1ccccc1)[P+](c1ccccc1)(c1ccccc1)c1ccccc1.O=S(=O)([O-])F. The molecule has 0 saturated carbocycles. The Morgan fingerprint density at radius 2 is 0.739 bits per heavy atom. The van der Waals surface area contributed by atoms with Crippen LogP contribution in [0.4, 0.5) is 3.89 Å². The van der Waals surface area contributed by atoms with Crippen LogP contribution in [-0.4, -0.2) is 31.9 Å². The molecule has 6 rings (SSSR count).